The molecule has 0 atom stereocenters. The van der Waals surface area contributed by atoms with Crippen LogP contribution in [0.4, 0.5) is 44.9 Å². The van der Waals surface area contributed by atoms with Crippen molar-refractivity contribution in [3.05, 3.63) is 155 Å². The lowest BCUT2D eigenvalue weighted by atomic mass is 10.2. The molecule has 0 saturated heterocycles. The van der Waals surface area contributed by atoms with Gasteiger partial charge in [0.1, 0.15) is 21.0 Å². The molecule has 65 heavy (non-hydrogen) atoms. The van der Waals surface area contributed by atoms with Crippen molar-refractivity contribution in [2.75, 3.05) is 33.2 Å². The number of amides is 1. The standard InChI is InChI=1S/C22H18N8OS.C16H12N6O2S.C6H8N2/c1-13-19(30-11-5-4-8-18(30)26-13)16-9-10-24-21(28-16)29-22-25-12-17(32-22)20(31)27-15-7-3-2-6-14(15)23;1-9-13(22-7-3-2-4-12(22)19-9)10-5-6-17-15(20-10)21-16-18-8-11(25-16)14(23)24;7-5-3-1-2-4-6(5)8/h2-12H,23H2,1H3,(H,27,31)(H,24,25,28,29);2-8H,1H3,(H,23,24)(H,17,18,20,21);1-4H,7-8H2. The number of hydrogen-bond donors (Lipinski definition) is 7. The minimum absolute atomic E-state index is 0.149. The van der Waals surface area contributed by atoms with Crippen molar-refractivity contribution >= 4 is 90.8 Å². The second-order valence-corrected chi connectivity index (χ2v) is 15.8. The number of fused-ring (bicyclic) bond motifs is 2. The first-order chi connectivity index (χ1) is 31.5. The van der Waals surface area contributed by atoms with Crippen LogP contribution in [0.5, 0.6) is 0 Å². The van der Waals surface area contributed by atoms with Crippen molar-refractivity contribution in [3.8, 4) is 22.8 Å². The quantitative estimate of drug-likeness (QED) is 0.0676. The Hall–Kier alpha value is -8.82. The molecule has 10 N–H and O–H groups in total. The zero-order valence-electron chi connectivity index (χ0n) is 34.5. The van der Waals surface area contributed by atoms with E-state index in [2.05, 4.69) is 55.8 Å². The summed E-state index contributed by atoms with van der Waals surface area (Å²) < 4.78 is 3.95. The van der Waals surface area contributed by atoms with Gasteiger partial charge in [0.05, 0.1) is 69.3 Å². The molecule has 0 fully saturated rings. The summed E-state index contributed by atoms with van der Waals surface area (Å²) in [5.74, 6) is -0.582. The van der Waals surface area contributed by atoms with E-state index < -0.39 is 5.97 Å². The lowest BCUT2D eigenvalue weighted by Gasteiger charge is -2.06. The van der Waals surface area contributed by atoms with Crippen molar-refractivity contribution < 1.29 is 14.7 Å². The number of carboxylic acid groups (broad SMARTS) is 1. The van der Waals surface area contributed by atoms with Gasteiger partial charge >= 0.3 is 5.97 Å². The number of aryl methyl sites for hydroxylation is 2. The van der Waals surface area contributed by atoms with Gasteiger partial charge < -0.3 is 38.3 Å². The number of pyridine rings is 2. The second kappa shape index (κ2) is 19.1. The van der Waals surface area contributed by atoms with Gasteiger partial charge in [0.15, 0.2) is 10.3 Å². The fraction of sp³-hybridized carbons (Fsp3) is 0.0455. The number of hydrogen-bond acceptors (Lipinski definition) is 17. The van der Waals surface area contributed by atoms with Gasteiger partial charge in [-0.2, -0.15) is 0 Å². The topological polar surface area (TPSA) is 280 Å². The highest BCUT2D eigenvalue weighted by Crippen LogP contribution is 2.28. The van der Waals surface area contributed by atoms with E-state index in [1.54, 1.807) is 48.8 Å². The molecule has 0 aliphatic rings. The van der Waals surface area contributed by atoms with Crippen LogP contribution >= 0.6 is 22.7 Å². The molecular formula is C44H38N16O3S2. The Balaban J connectivity index is 0.000000155. The number of anilines is 8. The SMILES string of the molecule is Cc1nc2ccccn2c1-c1ccnc(Nc2ncc(C(=O)Nc3ccccc3N)s2)n1.Cc1nc2ccccn2c1-c1ccnc(Nc2ncc(C(=O)O)s2)n1.Nc1ccccc1N. The summed E-state index contributed by atoms with van der Waals surface area (Å²) in [4.78, 5) is 59.1. The number of aromatic nitrogens is 10. The van der Waals surface area contributed by atoms with E-state index in [9.17, 15) is 9.59 Å². The maximum atomic E-state index is 12.5. The number of rotatable bonds is 9. The van der Waals surface area contributed by atoms with Crippen LogP contribution in [0.15, 0.2) is 134 Å². The average Bonchev–Trinajstić information content (AvgIpc) is 4.11. The number of imidazole rings is 2. The van der Waals surface area contributed by atoms with Crippen LogP contribution in [0.3, 0.4) is 0 Å². The van der Waals surface area contributed by atoms with E-state index in [0.29, 0.717) is 55.5 Å². The van der Waals surface area contributed by atoms with Crippen molar-refractivity contribution in [1.82, 2.24) is 48.7 Å². The Bertz CT molecular complexity index is 3290. The monoisotopic (exact) mass is 902 g/mol. The average molecular weight is 903 g/mol. The lowest BCUT2D eigenvalue weighted by molar-refractivity contribution is 0.0701. The van der Waals surface area contributed by atoms with E-state index in [0.717, 1.165) is 51.1 Å². The van der Waals surface area contributed by atoms with Gasteiger partial charge in [-0.3, -0.25) is 13.6 Å². The zero-order valence-corrected chi connectivity index (χ0v) is 36.1. The normalized spacial score (nSPS) is 10.7. The molecule has 1 amide bonds. The van der Waals surface area contributed by atoms with Gasteiger partial charge in [-0.25, -0.2) is 44.7 Å². The zero-order chi connectivity index (χ0) is 45.5. The Labute approximate surface area is 377 Å². The molecule has 0 spiro atoms. The van der Waals surface area contributed by atoms with E-state index in [-0.39, 0.29) is 10.8 Å². The van der Waals surface area contributed by atoms with Crippen LogP contribution in [0.2, 0.25) is 0 Å². The summed E-state index contributed by atoms with van der Waals surface area (Å²) in [5.41, 5.74) is 25.7. The van der Waals surface area contributed by atoms with Crippen LogP contribution in [-0.2, 0) is 0 Å². The molecule has 0 aliphatic carbocycles. The molecular weight excluding hydrogens is 865 g/mol. The number of carbonyl (C=O) groups is 2. The molecule has 19 nitrogen and oxygen atoms in total. The molecule has 0 radical (unpaired) electrons. The Morgan fingerprint density at radius 3 is 1.51 bits per heavy atom. The summed E-state index contributed by atoms with van der Waals surface area (Å²) in [6.07, 6.45) is 9.99. The molecule has 0 saturated carbocycles. The van der Waals surface area contributed by atoms with E-state index in [1.165, 1.54) is 23.7 Å². The van der Waals surface area contributed by atoms with E-state index >= 15 is 0 Å². The number of nitrogens with zero attached hydrogens (tertiary/aromatic N) is 10. The smallest absolute Gasteiger partial charge is 0.347 e. The summed E-state index contributed by atoms with van der Waals surface area (Å²) >= 11 is 2.22. The Kier molecular flexibility index (Phi) is 12.6. The number of carbonyl (C=O) groups excluding carboxylic acids is 1. The van der Waals surface area contributed by atoms with Gasteiger partial charge in [0, 0.05) is 24.8 Å². The number of benzene rings is 2. The van der Waals surface area contributed by atoms with Crippen molar-refractivity contribution in [2.24, 2.45) is 0 Å². The van der Waals surface area contributed by atoms with Crippen LogP contribution in [-0.4, -0.2) is 65.7 Å². The first-order valence-electron chi connectivity index (χ1n) is 19.5. The lowest BCUT2D eigenvalue weighted by Crippen LogP contribution is -2.11. The first kappa shape index (κ1) is 42.9. The maximum Gasteiger partial charge on any atom is 0.347 e. The highest BCUT2D eigenvalue weighted by molar-refractivity contribution is 7.17. The summed E-state index contributed by atoms with van der Waals surface area (Å²) in [6.45, 7) is 3.88. The maximum absolute atomic E-state index is 12.5. The predicted molar refractivity (Wildman–Crippen MR) is 254 cm³/mol. The van der Waals surface area contributed by atoms with Gasteiger partial charge in [0.2, 0.25) is 11.9 Å². The van der Waals surface area contributed by atoms with Gasteiger partial charge in [-0.05, 0) is 74.5 Å². The molecule has 21 heteroatoms. The van der Waals surface area contributed by atoms with Crippen LogP contribution in [0.25, 0.3) is 34.1 Å². The molecule has 8 heterocycles. The number of carboxylic acids is 1. The van der Waals surface area contributed by atoms with E-state index in [4.69, 9.17) is 22.3 Å². The van der Waals surface area contributed by atoms with Gasteiger partial charge in [0.25, 0.3) is 5.91 Å². The van der Waals surface area contributed by atoms with Crippen LogP contribution in [0, 0.1) is 13.8 Å². The molecule has 0 aliphatic heterocycles. The van der Waals surface area contributed by atoms with Gasteiger partial charge in [-0.15, -0.1) is 0 Å². The number of para-hydroxylation sites is 4. The number of thiazole rings is 2. The van der Waals surface area contributed by atoms with Crippen molar-refractivity contribution in [1.29, 1.82) is 0 Å². The fourth-order valence-electron chi connectivity index (χ4n) is 6.31. The van der Waals surface area contributed by atoms with Crippen molar-refractivity contribution in [3.63, 3.8) is 0 Å². The third kappa shape index (κ3) is 9.96. The van der Waals surface area contributed by atoms with Crippen LogP contribution < -0.4 is 33.2 Å². The molecule has 0 unspecified atom stereocenters. The minimum Gasteiger partial charge on any atom is -0.477 e. The summed E-state index contributed by atoms with van der Waals surface area (Å²) in [7, 11) is 0. The summed E-state index contributed by atoms with van der Waals surface area (Å²) in [6, 6.07) is 29.6. The van der Waals surface area contributed by atoms with E-state index in [1.807, 2.05) is 95.7 Å². The number of aromatic carboxylic acids is 1. The molecule has 324 valence electrons. The Morgan fingerprint density at radius 2 is 1.03 bits per heavy atom. The van der Waals surface area contributed by atoms with Crippen LogP contribution in [0.1, 0.15) is 30.7 Å². The third-order valence-electron chi connectivity index (χ3n) is 9.29. The molecule has 2 aromatic carbocycles. The predicted octanol–water partition coefficient (Wildman–Crippen LogP) is 7.98. The fourth-order valence-corrected chi connectivity index (χ4v) is 7.66. The molecule has 10 aromatic rings. The molecule has 0 bridgehead atoms. The number of nitrogen functional groups attached to an aromatic ring is 3. The first-order valence-corrected chi connectivity index (χ1v) is 21.1. The second-order valence-electron chi connectivity index (χ2n) is 13.8. The highest BCUT2D eigenvalue weighted by atomic mass is 32.1. The van der Waals surface area contributed by atoms with Gasteiger partial charge in [-0.1, -0.05) is 59.1 Å². The molecule has 10 rings (SSSR count). The summed E-state index contributed by atoms with van der Waals surface area (Å²) in [5, 5.41) is 18.7. The largest absolute Gasteiger partial charge is 0.477 e. The van der Waals surface area contributed by atoms with Crippen molar-refractivity contribution in [2.45, 2.75) is 13.8 Å². The number of nitrogens with one attached hydrogen (secondary N) is 3. The third-order valence-corrected chi connectivity index (χ3v) is 11.1. The number of nitrogens with two attached hydrogens (primary N) is 3. The minimum atomic E-state index is -1.01. The molecule has 8 aromatic heterocycles. The Morgan fingerprint density at radius 1 is 0.569 bits per heavy atom. The highest BCUT2D eigenvalue weighted by Gasteiger charge is 2.17.